The molecule has 4 heteroatoms. The molecule has 12 heavy (non-hydrogen) atoms. The van der Waals surface area contributed by atoms with Crippen molar-refractivity contribution >= 4 is 51.2 Å². The highest BCUT2D eigenvalue weighted by molar-refractivity contribution is 14.1. The highest BCUT2D eigenvalue weighted by Crippen LogP contribution is 2.32. The van der Waals surface area contributed by atoms with Gasteiger partial charge in [-0.05, 0) is 57.3 Å². The maximum atomic E-state index is 10.9. The van der Waals surface area contributed by atoms with E-state index >= 15 is 0 Å². The number of ether oxygens (including phenoxy) is 1. The van der Waals surface area contributed by atoms with Crippen molar-refractivity contribution in [2.45, 2.75) is 6.42 Å². The number of esters is 1. The molecular weight excluding hydrogens is 382 g/mol. The Morgan fingerprint density at radius 3 is 2.83 bits per heavy atom. The van der Waals surface area contributed by atoms with Crippen molar-refractivity contribution in [1.29, 1.82) is 0 Å². The molecule has 1 heterocycles. The Labute approximate surface area is 97.0 Å². The van der Waals surface area contributed by atoms with Crippen molar-refractivity contribution < 1.29 is 9.53 Å². The summed E-state index contributed by atoms with van der Waals surface area (Å²) in [5.74, 6) is 0.603. The summed E-state index contributed by atoms with van der Waals surface area (Å²) in [5.41, 5.74) is 1.01. The molecule has 0 N–H and O–H groups in total. The van der Waals surface area contributed by atoms with Crippen LogP contribution in [0.15, 0.2) is 12.1 Å². The number of halogens is 2. The van der Waals surface area contributed by atoms with Crippen molar-refractivity contribution in [3.63, 3.8) is 0 Å². The van der Waals surface area contributed by atoms with Gasteiger partial charge in [-0.25, -0.2) is 0 Å². The normalized spacial score (nSPS) is 14.3. The van der Waals surface area contributed by atoms with Crippen molar-refractivity contribution in [1.82, 2.24) is 0 Å². The first-order valence-corrected chi connectivity index (χ1v) is 5.51. The van der Waals surface area contributed by atoms with Crippen LogP contribution >= 0.6 is 45.2 Å². The van der Waals surface area contributed by atoms with Gasteiger partial charge >= 0.3 is 5.97 Å². The molecule has 0 aliphatic carbocycles. The number of fused-ring (bicyclic) bond motifs is 1. The lowest BCUT2D eigenvalue weighted by Gasteiger charge is -2.00. The van der Waals surface area contributed by atoms with Gasteiger partial charge in [-0.3, -0.25) is 4.79 Å². The number of hydrogen-bond acceptors (Lipinski definition) is 2. The third kappa shape index (κ3) is 1.46. The zero-order chi connectivity index (χ0) is 8.72. The minimum Gasteiger partial charge on any atom is -0.425 e. The molecule has 0 saturated carbocycles. The van der Waals surface area contributed by atoms with Crippen molar-refractivity contribution in [2.24, 2.45) is 0 Å². The van der Waals surface area contributed by atoms with E-state index < -0.39 is 0 Å². The van der Waals surface area contributed by atoms with Crippen LogP contribution in [-0.2, 0) is 11.2 Å². The van der Waals surface area contributed by atoms with E-state index in [1.165, 1.54) is 0 Å². The molecule has 2 nitrogen and oxygen atoms in total. The lowest BCUT2D eigenvalue weighted by molar-refractivity contribution is -0.131. The van der Waals surface area contributed by atoms with Gasteiger partial charge in [0.05, 0.1) is 9.99 Å². The molecule has 0 fully saturated rings. The maximum Gasteiger partial charge on any atom is 0.315 e. The molecule has 0 aromatic heterocycles. The highest BCUT2D eigenvalue weighted by atomic mass is 127. The molecule has 62 valence electrons. The average molecular weight is 386 g/mol. The molecule has 0 spiro atoms. The number of carbonyl (C=O) groups excluding carboxylic acids is 1. The Morgan fingerprint density at radius 2 is 2.08 bits per heavy atom. The van der Waals surface area contributed by atoms with Gasteiger partial charge in [-0.1, -0.05) is 0 Å². The lowest BCUT2D eigenvalue weighted by atomic mass is 10.2. The SMILES string of the molecule is O=C1Cc2cc(I)cc(I)c2O1. The summed E-state index contributed by atoms with van der Waals surface area (Å²) in [5, 5.41) is 0. The molecule has 2 rings (SSSR count). The molecule has 1 aromatic carbocycles. The van der Waals surface area contributed by atoms with Gasteiger partial charge in [0.25, 0.3) is 0 Å². The molecule has 0 amide bonds. The number of rotatable bonds is 0. The fraction of sp³-hybridized carbons (Fsp3) is 0.125. The van der Waals surface area contributed by atoms with Gasteiger partial charge in [0.15, 0.2) is 0 Å². The monoisotopic (exact) mass is 386 g/mol. The van der Waals surface area contributed by atoms with E-state index in [1.807, 2.05) is 12.1 Å². The second-order valence-electron chi connectivity index (χ2n) is 2.53. The second-order valence-corrected chi connectivity index (χ2v) is 4.93. The van der Waals surface area contributed by atoms with Crippen LogP contribution < -0.4 is 4.74 Å². The van der Waals surface area contributed by atoms with Crippen LogP contribution in [0, 0.1) is 7.14 Å². The molecule has 0 atom stereocenters. The van der Waals surface area contributed by atoms with E-state index in [0.717, 1.165) is 18.5 Å². The fourth-order valence-electron chi connectivity index (χ4n) is 1.16. The lowest BCUT2D eigenvalue weighted by Crippen LogP contribution is -2.00. The minimum absolute atomic E-state index is 0.148. The summed E-state index contributed by atoms with van der Waals surface area (Å²) in [6.07, 6.45) is 0.419. The molecule has 0 radical (unpaired) electrons. The Balaban J connectivity index is 2.59. The van der Waals surface area contributed by atoms with Crippen LogP contribution in [0.4, 0.5) is 0 Å². The first kappa shape index (κ1) is 8.74. The van der Waals surface area contributed by atoms with Gasteiger partial charge in [0.2, 0.25) is 0 Å². The molecule has 0 unspecified atom stereocenters. The largest absolute Gasteiger partial charge is 0.425 e. The summed E-state index contributed by atoms with van der Waals surface area (Å²) in [6.45, 7) is 0. The van der Waals surface area contributed by atoms with Gasteiger partial charge in [0, 0.05) is 9.13 Å². The summed E-state index contributed by atoms with van der Waals surface area (Å²) in [6, 6.07) is 3.99. The third-order valence-corrected chi connectivity index (χ3v) is 3.06. The number of benzene rings is 1. The van der Waals surface area contributed by atoms with Gasteiger partial charge in [0.1, 0.15) is 5.75 Å². The summed E-state index contributed by atoms with van der Waals surface area (Å²) >= 11 is 4.41. The summed E-state index contributed by atoms with van der Waals surface area (Å²) in [7, 11) is 0. The van der Waals surface area contributed by atoms with Gasteiger partial charge in [-0.2, -0.15) is 0 Å². The standard InChI is InChI=1S/C8H4I2O2/c9-5-1-4-2-7(11)12-8(4)6(10)3-5/h1,3H,2H2. The highest BCUT2D eigenvalue weighted by Gasteiger charge is 2.22. The van der Waals surface area contributed by atoms with Crippen molar-refractivity contribution in [3.05, 3.63) is 24.8 Å². The predicted molar refractivity (Wildman–Crippen MR) is 61.2 cm³/mol. The first-order valence-electron chi connectivity index (χ1n) is 3.35. The Morgan fingerprint density at radius 1 is 1.33 bits per heavy atom. The number of hydrogen-bond donors (Lipinski definition) is 0. The van der Waals surface area contributed by atoms with Crippen molar-refractivity contribution in [3.8, 4) is 5.75 Å². The van der Waals surface area contributed by atoms with E-state index in [0.29, 0.717) is 6.42 Å². The molecule has 0 saturated heterocycles. The zero-order valence-corrected chi connectivity index (χ0v) is 10.2. The molecule has 1 aromatic rings. The van der Waals surface area contributed by atoms with Crippen LogP contribution in [0.1, 0.15) is 5.56 Å². The van der Waals surface area contributed by atoms with E-state index in [1.54, 1.807) is 0 Å². The molecule has 1 aliphatic heterocycles. The van der Waals surface area contributed by atoms with E-state index in [2.05, 4.69) is 45.2 Å². The van der Waals surface area contributed by atoms with Crippen LogP contribution in [0.3, 0.4) is 0 Å². The fourth-order valence-corrected chi connectivity index (χ4v) is 3.24. The van der Waals surface area contributed by atoms with Crippen LogP contribution in [-0.4, -0.2) is 5.97 Å². The third-order valence-electron chi connectivity index (χ3n) is 1.64. The van der Waals surface area contributed by atoms with Crippen LogP contribution in [0.5, 0.6) is 5.75 Å². The molecule has 1 aliphatic rings. The molecular formula is C8H4I2O2. The van der Waals surface area contributed by atoms with Gasteiger partial charge < -0.3 is 4.74 Å². The second kappa shape index (κ2) is 3.13. The Bertz CT molecular complexity index is 360. The zero-order valence-electron chi connectivity index (χ0n) is 5.93. The Hall–Kier alpha value is 0.150. The van der Waals surface area contributed by atoms with E-state index in [-0.39, 0.29) is 5.97 Å². The van der Waals surface area contributed by atoms with E-state index in [9.17, 15) is 4.79 Å². The summed E-state index contributed by atoms with van der Waals surface area (Å²) in [4.78, 5) is 10.9. The maximum absolute atomic E-state index is 10.9. The van der Waals surface area contributed by atoms with E-state index in [4.69, 9.17) is 4.74 Å². The van der Waals surface area contributed by atoms with Crippen LogP contribution in [0.2, 0.25) is 0 Å². The average Bonchev–Trinajstić information content (AvgIpc) is 2.29. The van der Waals surface area contributed by atoms with Gasteiger partial charge in [-0.15, -0.1) is 0 Å². The summed E-state index contributed by atoms with van der Waals surface area (Å²) < 4.78 is 7.20. The minimum atomic E-state index is -0.148. The Kier molecular flexibility index (Phi) is 2.28. The molecule has 0 bridgehead atoms. The van der Waals surface area contributed by atoms with Crippen LogP contribution in [0.25, 0.3) is 0 Å². The number of carbonyl (C=O) groups is 1. The predicted octanol–water partition coefficient (Wildman–Crippen LogP) is 2.36. The van der Waals surface area contributed by atoms with Crippen molar-refractivity contribution in [2.75, 3.05) is 0 Å². The smallest absolute Gasteiger partial charge is 0.315 e. The topological polar surface area (TPSA) is 26.3 Å². The first-order chi connectivity index (χ1) is 5.66. The quantitative estimate of drug-likeness (QED) is 0.389.